The van der Waals surface area contributed by atoms with E-state index in [1.54, 1.807) is 4.90 Å². The number of nitrogens with one attached hydrogen (secondary N) is 1. The van der Waals surface area contributed by atoms with Gasteiger partial charge in [-0.05, 0) is 49.9 Å². The van der Waals surface area contributed by atoms with Gasteiger partial charge < -0.3 is 10.2 Å². The number of carbonyl (C=O) groups excluding carboxylic acids is 2. The Hall–Kier alpha value is -2.04. The van der Waals surface area contributed by atoms with Crippen LogP contribution in [-0.4, -0.2) is 42.5 Å². The molecule has 2 saturated heterocycles. The van der Waals surface area contributed by atoms with Gasteiger partial charge in [-0.1, -0.05) is 6.92 Å². The standard InChI is InChI=1S/C17H23N3O2/c1-2-14-5-3-4-11-19(14)16(21)13-6-8-15(9-7-13)20-12-10-18-17(20)22/h6-9,14H,2-5,10-12H2,1H3,(H,18,22)/t14-/m1/s1. The molecule has 22 heavy (non-hydrogen) atoms. The van der Waals surface area contributed by atoms with Gasteiger partial charge in [0.2, 0.25) is 0 Å². The van der Waals surface area contributed by atoms with Crippen molar-refractivity contribution < 1.29 is 9.59 Å². The SMILES string of the molecule is CC[C@@H]1CCCCN1C(=O)c1ccc(N2CCNC2=O)cc1. The van der Waals surface area contributed by atoms with Crippen molar-refractivity contribution in [2.75, 3.05) is 24.5 Å². The van der Waals surface area contributed by atoms with Crippen molar-refractivity contribution in [2.24, 2.45) is 0 Å². The average molecular weight is 301 g/mol. The Morgan fingerprint density at radius 1 is 1.23 bits per heavy atom. The molecule has 1 atom stereocenters. The maximum absolute atomic E-state index is 12.7. The zero-order chi connectivity index (χ0) is 15.5. The molecule has 0 aliphatic carbocycles. The zero-order valence-electron chi connectivity index (χ0n) is 13.0. The summed E-state index contributed by atoms with van der Waals surface area (Å²) >= 11 is 0. The second-order valence-corrected chi connectivity index (χ2v) is 5.99. The molecule has 3 rings (SSSR count). The number of likely N-dealkylation sites (tertiary alicyclic amines) is 1. The Bertz CT molecular complexity index is 556. The molecule has 118 valence electrons. The predicted octanol–water partition coefficient (Wildman–Crippen LogP) is 2.62. The Morgan fingerprint density at radius 3 is 2.64 bits per heavy atom. The number of hydrogen-bond acceptors (Lipinski definition) is 2. The molecule has 0 spiro atoms. The fraction of sp³-hybridized carbons (Fsp3) is 0.529. The minimum Gasteiger partial charge on any atom is -0.336 e. The average Bonchev–Trinajstić information content (AvgIpc) is 3.00. The van der Waals surface area contributed by atoms with E-state index in [-0.39, 0.29) is 11.9 Å². The maximum atomic E-state index is 12.7. The van der Waals surface area contributed by atoms with Crippen LogP contribution in [0.2, 0.25) is 0 Å². The topological polar surface area (TPSA) is 52.7 Å². The lowest BCUT2D eigenvalue weighted by molar-refractivity contribution is 0.0608. The number of anilines is 1. The Kier molecular flexibility index (Phi) is 4.32. The third kappa shape index (κ3) is 2.80. The smallest absolute Gasteiger partial charge is 0.321 e. The van der Waals surface area contributed by atoms with Crippen LogP contribution >= 0.6 is 0 Å². The van der Waals surface area contributed by atoms with E-state index in [9.17, 15) is 9.59 Å². The van der Waals surface area contributed by atoms with Crippen molar-refractivity contribution in [1.82, 2.24) is 10.2 Å². The first-order chi connectivity index (χ1) is 10.7. The second-order valence-electron chi connectivity index (χ2n) is 5.99. The van der Waals surface area contributed by atoms with E-state index in [1.807, 2.05) is 29.2 Å². The van der Waals surface area contributed by atoms with Crippen molar-refractivity contribution in [3.05, 3.63) is 29.8 Å². The number of carbonyl (C=O) groups is 2. The first-order valence-electron chi connectivity index (χ1n) is 8.17. The molecule has 1 aromatic rings. The molecular weight excluding hydrogens is 278 g/mol. The minimum absolute atomic E-state index is 0.0684. The molecule has 5 heteroatoms. The first kappa shape index (κ1) is 14.9. The van der Waals surface area contributed by atoms with Crippen LogP contribution in [0.25, 0.3) is 0 Å². The van der Waals surface area contributed by atoms with Gasteiger partial charge in [0, 0.05) is 36.9 Å². The van der Waals surface area contributed by atoms with Crippen molar-refractivity contribution in [3.8, 4) is 0 Å². The third-order valence-corrected chi connectivity index (χ3v) is 4.64. The van der Waals surface area contributed by atoms with E-state index >= 15 is 0 Å². The van der Waals surface area contributed by atoms with Gasteiger partial charge in [0.1, 0.15) is 0 Å². The molecule has 0 aromatic heterocycles. The number of nitrogens with zero attached hydrogens (tertiary/aromatic N) is 2. The summed E-state index contributed by atoms with van der Waals surface area (Å²) in [7, 11) is 0. The van der Waals surface area contributed by atoms with Gasteiger partial charge in [-0.15, -0.1) is 0 Å². The number of urea groups is 1. The Balaban J connectivity index is 1.74. The molecule has 5 nitrogen and oxygen atoms in total. The van der Waals surface area contributed by atoms with Crippen LogP contribution in [0.3, 0.4) is 0 Å². The predicted molar refractivity (Wildman–Crippen MR) is 86.2 cm³/mol. The molecule has 2 aliphatic rings. The lowest BCUT2D eigenvalue weighted by Crippen LogP contribution is -2.43. The van der Waals surface area contributed by atoms with Gasteiger partial charge in [0.15, 0.2) is 0 Å². The van der Waals surface area contributed by atoms with Crippen LogP contribution in [0.15, 0.2) is 24.3 Å². The fourth-order valence-corrected chi connectivity index (χ4v) is 3.36. The zero-order valence-corrected chi connectivity index (χ0v) is 13.0. The van der Waals surface area contributed by atoms with E-state index in [1.165, 1.54) is 6.42 Å². The Labute approximate surface area is 131 Å². The van der Waals surface area contributed by atoms with Crippen molar-refractivity contribution >= 4 is 17.6 Å². The summed E-state index contributed by atoms with van der Waals surface area (Å²) in [4.78, 5) is 28.1. The van der Waals surface area contributed by atoms with E-state index < -0.39 is 0 Å². The fourth-order valence-electron chi connectivity index (χ4n) is 3.36. The molecule has 0 radical (unpaired) electrons. The van der Waals surface area contributed by atoms with Crippen LogP contribution < -0.4 is 10.2 Å². The number of rotatable bonds is 3. The summed E-state index contributed by atoms with van der Waals surface area (Å²) in [5, 5.41) is 2.78. The molecule has 1 aromatic carbocycles. The van der Waals surface area contributed by atoms with Gasteiger partial charge in [-0.2, -0.15) is 0 Å². The maximum Gasteiger partial charge on any atom is 0.321 e. The van der Waals surface area contributed by atoms with Gasteiger partial charge in [0.05, 0.1) is 0 Å². The lowest BCUT2D eigenvalue weighted by Gasteiger charge is -2.35. The van der Waals surface area contributed by atoms with Gasteiger partial charge in [-0.3, -0.25) is 9.69 Å². The van der Waals surface area contributed by atoms with Gasteiger partial charge >= 0.3 is 6.03 Å². The molecule has 0 bridgehead atoms. The molecule has 2 heterocycles. The summed E-state index contributed by atoms with van der Waals surface area (Å²) in [6.07, 6.45) is 4.42. The van der Waals surface area contributed by atoms with E-state index in [2.05, 4.69) is 12.2 Å². The summed E-state index contributed by atoms with van der Waals surface area (Å²) in [6, 6.07) is 7.70. The lowest BCUT2D eigenvalue weighted by atomic mass is 9.99. The Morgan fingerprint density at radius 2 is 2.00 bits per heavy atom. The van der Waals surface area contributed by atoms with Gasteiger partial charge in [-0.25, -0.2) is 4.79 Å². The van der Waals surface area contributed by atoms with Crippen LogP contribution in [0.4, 0.5) is 10.5 Å². The largest absolute Gasteiger partial charge is 0.336 e. The summed E-state index contributed by atoms with van der Waals surface area (Å²) in [6.45, 7) is 4.35. The highest BCUT2D eigenvalue weighted by molar-refractivity contribution is 5.97. The van der Waals surface area contributed by atoms with E-state index in [0.717, 1.165) is 31.5 Å². The number of piperidine rings is 1. The van der Waals surface area contributed by atoms with Gasteiger partial charge in [0.25, 0.3) is 5.91 Å². The minimum atomic E-state index is -0.0684. The number of benzene rings is 1. The monoisotopic (exact) mass is 301 g/mol. The first-order valence-corrected chi connectivity index (χ1v) is 8.17. The molecule has 0 saturated carbocycles. The van der Waals surface area contributed by atoms with Crippen LogP contribution in [0, 0.1) is 0 Å². The highest BCUT2D eigenvalue weighted by Crippen LogP contribution is 2.23. The second kappa shape index (κ2) is 6.38. The van der Waals surface area contributed by atoms with Crippen LogP contribution in [0.5, 0.6) is 0 Å². The normalized spacial score (nSPS) is 21.9. The number of amides is 3. The third-order valence-electron chi connectivity index (χ3n) is 4.64. The van der Waals surface area contributed by atoms with E-state index in [0.29, 0.717) is 24.7 Å². The van der Waals surface area contributed by atoms with Crippen molar-refractivity contribution in [2.45, 2.75) is 38.6 Å². The van der Waals surface area contributed by atoms with Crippen molar-refractivity contribution in [1.29, 1.82) is 0 Å². The number of hydrogen-bond donors (Lipinski definition) is 1. The highest BCUT2D eigenvalue weighted by Gasteiger charge is 2.26. The van der Waals surface area contributed by atoms with Crippen molar-refractivity contribution in [3.63, 3.8) is 0 Å². The van der Waals surface area contributed by atoms with E-state index in [4.69, 9.17) is 0 Å². The quantitative estimate of drug-likeness (QED) is 0.933. The van der Waals surface area contributed by atoms with Crippen LogP contribution in [0.1, 0.15) is 43.0 Å². The molecular formula is C17H23N3O2. The summed E-state index contributed by atoms with van der Waals surface area (Å²) < 4.78 is 0. The summed E-state index contributed by atoms with van der Waals surface area (Å²) in [5.74, 6) is 0.115. The molecule has 0 unspecified atom stereocenters. The molecule has 3 amide bonds. The highest BCUT2D eigenvalue weighted by atomic mass is 16.2. The molecule has 1 N–H and O–H groups in total. The van der Waals surface area contributed by atoms with Crippen LogP contribution in [-0.2, 0) is 0 Å². The summed E-state index contributed by atoms with van der Waals surface area (Å²) in [5.41, 5.74) is 1.56. The molecule has 2 aliphatic heterocycles. The molecule has 2 fully saturated rings.